The van der Waals surface area contributed by atoms with E-state index in [1.807, 2.05) is 0 Å². The lowest BCUT2D eigenvalue weighted by Crippen LogP contribution is -2.57. The molecule has 168 valence electrons. The van der Waals surface area contributed by atoms with Crippen LogP contribution < -0.4 is 4.74 Å². The number of nitrogens with zero attached hydrogens (tertiary/aromatic N) is 2. The van der Waals surface area contributed by atoms with Crippen molar-refractivity contribution in [3.63, 3.8) is 0 Å². The summed E-state index contributed by atoms with van der Waals surface area (Å²) in [5.74, 6) is 0.519. The summed E-state index contributed by atoms with van der Waals surface area (Å²) in [6.45, 7) is 0.0890. The minimum Gasteiger partial charge on any atom is -0.497 e. The summed E-state index contributed by atoms with van der Waals surface area (Å²) in [7, 11) is 1.02. The maximum atomic E-state index is 13.4. The second-order valence-electron chi connectivity index (χ2n) is 7.88. The molecule has 9 nitrogen and oxygen atoms in total. The van der Waals surface area contributed by atoms with Gasteiger partial charge >= 0.3 is 0 Å². The summed E-state index contributed by atoms with van der Waals surface area (Å²) in [4.78, 5) is 13.7. The van der Waals surface area contributed by atoms with Gasteiger partial charge in [0.1, 0.15) is 5.75 Å². The molecule has 2 fully saturated rings. The molecule has 2 aliphatic rings. The predicted octanol–water partition coefficient (Wildman–Crippen LogP) is 0.472. The van der Waals surface area contributed by atoms with Gasteiger partial charge in [0.25, 0.3) is 0 Å². The second-order valence-corrected chi connectivity index (χ2v) is 9.77. The normalized spacial score (nSPS) is 28.1. The number of amides is 1. The van der Waals surface area contributed by atoms with Crippen LogP contribution in [0.2, 0.25) is 0 Å². The molecule has 3 rings (SSSR count). The molecule has 0 radical (unpaired) electrons. The molecule has 1 N–H and O–H groups in total. The van der Waals surface area contributed by atoms with Crippen molar-refractivity contribution in [2.24, 2.45) is 0 Å². The molecule has 1 amide bonds. The van der Waals surface area contributed by atoms with E-state index in [2.05, 4.69) is 0 Å². The second kappa shape index (κ2) is 9.61. The number of benzene rings is 1. The Morgan fingerprint density at radius 2 is 1.93 bits per heavy atom. The van der Waals surface area contributed by atoms with Crippen LogP contribution in [0.25, 0.3) is 0 Å². The Kier molecular flexibility index (Phi) is 7.35. The van der Waals surface area contributed by atoms with Crippen LogP contribution in [0, 0.1) is 0 Å². The van der Waals surface area contributed by atoms with Crippen LogP contribution in [0.15, 0.2) is 29.2 Å². The Hall–Kier alpha value is -1.72. The third kappa shape index (κ3) is 5.12. The Morgan fingerprint density at radius 1 is 1.23 bits per heavy atom. The van der Waals surface area contributed by atoms with Crippen molar-refractivity contribution >= 4 is 15.9 Å². The maximum absolute atomic E-state index is 13.4. The molecular weight excluding hydrogens is 412 g/mol. The average molecular weight is 443 g/mol. The minimum absolute atomic E-state index is 0.0164. The molecule has 30 heavy (non-hydrogen) atoms. The molecule has 0 unspecified atom stereocenters. The summed E-state index contributed by atoms with van der Waals surface area (Å²) in [5, 5.41) is 10.3. The van der Waals surface area contributed by atoms with E-state index in [1.165, 1.54) is 28.4 Å². The molecule has 0 aliphatic carbocycles. The SMILES string of the molecule is COc1ccc(S(=O)(=O)N2C[C@@H](O)COC[C@@H]3O[C@H](CC(=O)N(C)C)CC[C@H]32)cc1. The third-order valence-corrected chi connectivity index (χ3v) is 7.41. The Bertz CT molecular complexity index is 828. The van der Waals surface area contributed by atoms with Crippen molar-refractivity contribution in [1.29, 1.82) is 0 Å². The molecule has 0 saturated carbocycles. The third-order valence-electron chi connectivity index (χ3n) is 5.50. The molecule has 2 saturated heterocycles. The number of carbonyl (C=O) groups is 1. The van der Waals surface area contributed by atoms with E-state index < -0.39 is 28.3 Å². The number of methoxy groups -OCH3 is 1. The molecule has 0 bridgehead atoms. The van der Waals surface area contributed by atoms with Gasteiger partial charge in [-0.2, -0.15) is 4.31 Å². The molecule has 1 aromatic rings. The average Bonchev–Trinajstić information content (AvgIpc) is 2.71. The van der Waals surface area contributed by atoms with Crippen molar-refractivity contribution in [3.8, 4) is 5.75 Å². The van der Waals surface area contributed by atoms with Crippen LogP contribution in [-0.4, -0.2) is 94.0 Å². The van der Waals surface area contributed by atoms with Gasteiger partial charge in [-0.3, -0.25) is 4.79 Å². The van der Waals surface area contributed by atoms with Crippen LogP contribution in [0.4, 0.5) is 0 Å². The molecule has 1 aromatic carbocycles. The zero-order chi connectivity index (χ0) is 21.9. The van der Waals surface area contributed by atoms with Gasteiger partial charge in [0.15, 0.2) is 0 Å². The van der Waals surface area contributed by atoms with E-state index in [0.29, 0.717) is 18.6 Å². The number of ether oxygens (including phenoxy) is 3. The van der Waals surface area contributed by atoms with Gasteiger partial charge in [-0.25, -0.2) is 8.42 Å². The molecular formula is C20H30N2O7S. The van der Waals surface area contributed by atoms with Gasteiger partial charge < -0.3 is 24.2 Å². The van der Waals surface area contributed by atoms with Crippen LogP contribution in [0.5, 0.6) is 5.75 Å². The highest BCUT2D eigenvalue weighted by Gasteiger charge is 2.43. The predicted molar refractivity (Wildman–Crippen MR) is 109 cm³/mol. The van der Waals surface area contributed by atoms with Crippen molar-refractivity contribution in [2.45, 2.75) is 48.5 Å². The number of hydrogen-bond acceptors (Lipinski definition) is 7. The number of carbonyl (C=O) groups excluding carboxylic acids is 1. The smallest absolute Gasteiger partial charge is 0.243 e. The summed E-state index contributed by atoms with van der Waals surface area (Å²) in [6, 6.07) is 5.68. The van der Waals surface area contributed by atoms with E-state index in [-0.39, 0.29) is 43.1 Å². The first-order chi connectivity index (χ1) is 14.2. The molecule has 4 atom stereocenters. The lowest BCUT2D eigenvalue weighted by Gasteiger charge is -2.43. The van der Waals surface area contributed by atoms with Gasteiger partial charge in [0.2, 0.25) is 15.9 Å². The van der Waals surface area contributed by atoms with E-state index in [0.717, 1.165) is 0 Å². The van der Waals surface area contributed by atoms with Gasteiger partial charge in [0.05, 0.1) is 56.0 Å². The number of rotatable bonds is 5. The Morgan fingerprint density at radius 3 is 2.57 bits per heavy atom. The standard InChI is InChI=1S/C20H30N2O7S/c1-21(2)20(24)10-16-6-9-18-19(29-16)13-28-12-14(23)11-22(18)30(25,26)17-7-4-15(27-3)5-8-17/h4-5,7-8,14,16,18-19,23H,6,9-13H2,1-3H3/t14-,16+,18-,19+/m1/s1. The Balaban J connectivity index is 1.84. The zero-order valence-electron chi connectivity index (χ0n) is 17.6. The molecule has 2 aliphatic heterocycles. The largest absolute Gasteiger partial charge is 0.497 e. The fraction of sp³-hybridized carbons (Fsp3) is 0.650. The first-order valence-corrected chi connectivity index (χ1v) is 11.4. The van der Waals surface area contributed by atoms with Crippen LogP contribution in [-0.2, 0) is 24.3 Å². The number of fused-ring (bicyclic) bond motifs is 1. The van der Waals surface area contributed by atoms with Gasteiger partial charge in [-0.1, -0.05) is 0 Å². The molecule has 0 spiro atoms. The first-order valence-electron chi connectivity index (χ1n) is 9.99. The number of aliphatic hydroxyl groups is 1. The van der Waals surface area contributed by atoms with Crippen molar-refractivity contribution in [1.82, 2.24) is 9.21 Å². The lowest BCUT2D eigenvalue weighted by molar-refractivity contribution is -0.150. The minimum atomic E-state index is -3.88. The summed E-state index contributed by atoms with van der Waals surface area (Å²) in [5.41, 5.74) is 0. The summed E-state index contributed by atoms with van der Waals surface area (Å²) in [6.07, 6.45) is -0.442. The monoisotopic (exact) mass is 442 g/mol. The van der Waals surface area contributed by atoms with Crippen LogP contribution in [0.1, 0.15) is 19.3 Å². The number of β-amino-alcohol motifs (C(OH)–C–C–N with tert-alkyl or cyclic N) is 1. The molecule has 10 heteroatoms. The van der Waals surface area contributed by atoms with E-state index in [9.17, 15) is 18.3 Å². The van der Waals surface area contributed by atoms with Gasteiger partial charge in [-0.15, -0.1) is 0 Å². The van der Waals surface area contributed by atoms with Crippen molar-refractivity contribution in [3.05, 3.63) is 24.3 Å². The first kappa shape index (κ1) is 23.0. The Labute approximate surface area is 177 Å². The summed E-state index contributed by atoms with van der Waals surface area (Å²) >= 11 is 0. The van der Waals surface area contributed by atoms with Crippen LogP contribution >= 0.6 is 0 Å². The fourth-order valence-corrected chi connectivity index (χ4v) is 5.55. The zero-order valence-corrected chi connectivity index (χ0v) is 18.4. The number of hydrogen-bond donors (Lipinski definition) is 1. The van der Waals surface area contributed by atoms with E-state index in [1.54, 1.807) is 26.2 Å². The lowest BCUT2D eigenvalue weighted by atomic mass is 9.96. The van der Waals surface area contributed by atoms with Crippen molar-refractivity contribution in [2.75, 3.05) is 41.0 Å². The number of aliphatic hydroxyl groups excluding tert-OH is 1. The van der Waals surface area contributed by atoms with Crippen molar-refractivity contribution < 1.29 is 32.5 Å². The summed E-state index contributed by atoms with van der Waals surface area (Å²) < 4.78 is 44.9. The molecule has 0 aromatic heterocycles. The van der Waals surface area contributed by atoms with Gasteiger partial charge in [-0.05, 0) is 37.1 Å². The maximum Gasteiger partial charge on any atom is 0.243 e. The fourth-order valence-electron chi connectivity index (χ4n) is 3.83. The van der Waals surface area contributed by atoms with Crippen LogP contribution in [0.3, 0.4) is 0 Å². The highest BCUT2D eigenvalue weighted by Crippen LogP contribution is 2.32. The van der Waals surface area contributed by atoms with Gasteiger partial charge in [0, 0.05) is 20.6 Å². The quantitative estimate of drug-likeness (QED) is 0.707. The highest BCUT2D eigenvalue weighted by atomic mass is 32.2. The van der Waals surface area contributed by atoms with E-state index >= 15 is 0 Å². The van der Waals surface area contributed by atoms with E-state index in [4.69, 9.17) is 14.2 Å². The topological polar surface area (TPSA) is 106 Å². The highest BCUT2D eigenvalue weighted by molar-refractivity contribution is 7.89. The number of sulfonamides is 1. The molecule has 2 heterocycles.